The molecular formula is C14H23BO. The van der Waals surface area contributed by atoms with E-state index in [1.165, 1.54) is 44.0 Å². The quantitative estimate of drug-likeness (QED) is 0.481. The lowest BCUT2D eigenvalue weighted by atomic mass is 9.97. The largest absolute Gasteiger partial charge is 0.494 e. The van der Waals surface area contributed by atoms with Crippen LogP contribution < -0.4 is 10.2 Å². The van der Waals surface area contributed by atoms with Crippen molar-refractivity contribution in [2.75, 3.05) is 6.61 Å². The Bertz CT molecular complexity index is 269. The Kier molecular flexibility index (Phi) is 6.79. The predicted octanol–water partition coefficient (Wildman–Crippen LogP) is 2.68. The highest BCUT2D eigenvalue weighted by Crippen LogP contribution is 2.09. The standard InChI is InChI=1S/C14H23BO/c1-2-3-4-5-6-7-12-16-14-10-8-13(15)9-11-14/h8-11H,2-7,12,15H2,1H3. The zero-order valence-electron chi connectivity index (χ0n) is 10.7. The van der Waals surface area contributed by atoms with Crippen LogP contribution in [0, 0.1) is 0 Å². The van der Waals surface area contributed by atoms with Crippen molar-refractivity contribution in [3.8, 4) is 5.75 Å². The lowest BCUT2D eigenvalue weighted by molar-refractivity contribution is 0.304. The van der Waals surface area contributed by atoms with E-state index in [0.29, 0.717) is 0 Å². The van der Waals surface area contributed by atoms with E-state index in [0.717, 1.165) is 12.4 Å². The number of hydrogen-bond acceptors (Lipinski definition) is 1. The maximum atomic E-state index is 5.67. The molecule has 0 saturated heterocycles. The molecule has 0 aliphatic rings. The minimum atomic E-state index is 0.856. The first-order chi connectivity index (χ1) is 7.83. The second kappa shape index (κ2) is 8.26. The molecule has 0 heterocycles. The van der Waals surface area contributed by atoms with Gasteiger partial charge in [-0.25, -0.2) is 0 Å². The summed E-state index contributed by atoms with van der Waals surface area (Å²) in [6.45, 7) is 3.11. The monoisotopic (exact) mass is 218 g/mol. The lowest BCUT2D eigenvalue weighted by Crippen LogP contribution is -2.02. The van der Waals surface area contributed by atoms with Crippen LogP contribution in [0.2, 0.25) is 0 Å². The number of unbranched alkanes of at least 4 members (excludes halogenated alkanes) is 5. The van der Waals surface area contributed by atoms with Crippen LogP contribution >= 0.6 is 0 Å². The third-order valence-corrected chi connectivity index (χ3v) is 2.79. The van der Waals surface area contributed by atoms with Crippen molar-refractivity contribution in [1.29, 1.82) is 0 Å². The van der Waals surface area contributed by atoms with Gasteiger partial charge in [-0.15, -0.1) is 0 Å². The third kappa shape index (κ3) is 5.84. The van der Waals surface area contributed by atoms with Gasteiger partial charge in [-0.1, -0.05) is 56.6 Å². The normalized spacial score (nSPS) is 10.3. The topological polar surface area (TPSA) is 9.23 Å². The SMILES string of the molecule is Bc1ccc(OCCCCCCCC)cc1. The van der Waals surface area contributed by atoms with E-state index >= 15 is 0 Å². The molecule has 0 bridgehead atoms. The number of ether oxygens (including phenoxy) is 1. The molecule has 0 N–H and O–H groups in total. The molecule has 88 valence electrons. The molecule has 1 nitrogen and oxygen atoms in total. The van der Waals surface area contributed by atoms with E-state index in [-0.39, 0.29) is 0 Å². The molecule has 0 spiro atoms. The van der Waals surface area contributed by atoms with Crippen molar-refractivity contribution in [1.82, 2.24) is 0 Å². The minimum absolute atomic E-state index is 0.856. The summed E-state index contributed by atoms with van der Waals surface area (Å²) in [7, 11) is 2.09. The average Bonchev–Trinajstić information content (AvgIpc) is 2.30. The van der Waals surface area contributed by atoms with Gasteiger partial charge in [-0.3, -0.25) is 0 Å². The zero-order valence-corrected chi connectivity index (χ0v) is 10.7. The highest BCUT2D eigenvalue weighted by atomic mass is 16.5. The van der Waals surface area contributed by atoms with Crippen molar-refractivity contribution >= 4 is 13.3 Å². The fourth-order valence-electron chi connectivity index (χ4n) is 1.71. The molecule has 0 aliphatic carbocycles. The number of benzene rings is 1. The van der Waals surface area contributed by atoms with Crippen LogP contribution in [0.1, 0.15) is 45.4 Å². The summed E-state index contributed by atoms with van der Waals surface area (Å²) >= 11 is 0. The Labute approximate surface area is 101 Å². The van der Waals surface area contributed by atoms with Crippen molar-refractivity contribution in [3.63, 3.8) is 0 Å². The highest BCUT2D eigenvalue weighted by Gasteiger charge is 1.93. The zero-order chi connectivity index (χ0) is 11.6. The minimum Gasteiger partial charge on any atom is -0.494 e. The molecular weight excluding hydrogens is 195 g/mol. The van der Waals surface area contributed by atoms with Crippen molar-refractivity contribution in [2.24, 2.45) is 0 Å². The Morgan fingerprint density at radius 1 is 0.938 bits per heavy atom. The average molecular weight is 218 g/mol. The fraction of sp³-hybridized carbons (Fsp3) is 0.571. The van der Waals surface area contributed by atoms with E-state index < -0.39 is 0 Å². The number of rotatable bonds is 8. The Balaban J connectivity index is 2.01. The summed E-state index contributed by atoms with van der Waals surface area (Å²) in [5.41, 5.74) is 1.28. The van der Waals surface area contributed by atoms with Gasteiger partial charge in [0.05, 0.1) is 6.61 Å². The molecule has 0 radical (unpaired) electrons. The summed E-state index contributed by atoms with van der Waals surface area (Å²) in [4.78, 5) is 0. The van der Waals surface area contributed by atoms with E-state index in [1.54, 1.807) is 0 Å². The van der Waals surface area contributed by atoms with Crippen molar-refractivity contribution < 1.29 is 4.74 Å². The van der Waals surface area contributed by atoms with Crippen LogP contribution in [0.5, 0.6) is 5.75 Å². The molecule has 1 aromatic carbocycles. The van der Waals surface area contributed by atoms with Crippen LogP contribution in [-0.4, -0.2) is 14.5 Å². The van der Waals surface area contributed by atoms with Gasteiger partial charge >= 0.3 is 0 Å². The number of hydrogen-bond donors (Lipinski definition) is 0. The van der Waals surface area contributed by atoms with Gasteiger partial charge in [0.25, 0.3) is 0 Å². The van der Waals surface area contributed by atoms with Crippen molar-refractivity contribution in [3.05, 3.63) is 24.3 Å². The van der Waals surface area contributed by atoms with Crippen LogP contribution in [0.4, 0.5) is 0 Å². The van der Waals surface area contributed by atoms with E-state index in [2.05, 4.69) is 26.9 Å². The molecule has 0 atom stereocenters. The predicted molar refractivity (Wildman–Crippen MR) is 73.5 cm³/mol. The van der Waals surface area contributed by atoms with Crippen LogP contribution in [0.25, 0.3) is 0 Å². The molecule has 0 unspecified atom stereocenters. The van der Waals surface area contributed by atoms with E-state index in [4.69, 9.17) is 4.74 Å². The molecule has 0 saturated carbocycles. The molecule has 0 aliphatic heterocycles. The van der Waals surface area contributed by atoms with Crippen LogP contribution in [-0.2, 0) is 0 Å². The first kappa shape index (κ1) is 13.2. The summed E-state index contributed by atoms with van der Waals surface area (Å²) in [6.07, 6.45) is 7.90. The van der Waals surface area contributed by atoms with Crippen molar-refractivity contribution in [2.45, 2.75) is 45.4 Å². The van der Waals surface area contributed by atoms with Gasteiger partial charge in [-0.2, -0.15) is 0 Å². The first-order valence-electron chi connectivity index (χ1n) is 6.52. The van der Waals surface area contributed by atoms with Gasteiger partial charge in [0.2, 0.25) is 0 Å². The molecule has 0 aromatic heterocycles. The van der Waals surface area contributed by atoms with E-state index in [1.807, 2.05) is 12.1 Å². The summed E-state index contributed by atoms with van der Waals surface area (Å²) in [6, 6.07) is 8.28. The summed E-state index contributed by atoms with van der Waals surface area (Å²) < 4.78 is 5.67. The molecule has 0 amide bonds. The maximum absolute atomic E-state index is 5.67. The Morgan fingerprint density at radius 2 is 1.56 bits per heavy atom. The first-order valence-corrected chi connectivity index (χ1v) is 6.52. The molecule has 1 aromatic rings. The Morgan fingerprint density at radius 3 is 2.25 bits per heavy atom. The molecule has 1 rings (SSSR count). The molecule has 16 heavy (non-hydrogen) atoms. The second-order valence-corrected chi connectivity index (χ2v) is 4.43. The Hall–Kier alpha value is -0.915. The van der Waals surface area contributed by atoms with Gasteiger partial charge in [0, 0.05) is 0 Å². The van der Waals surface area contributed by atoms with Gasteiger partial charge in [0.15, 0.2) is 0 Å². The maximum Gasteiger partial charge on any atom is 0.139 e. The van der Waals surface area contributed by atoms with Crippen LogP contribution in [0.15, 0.2) is 24.3 Å². The second-order valence-electron chi connectivity index (χ2n) is 4.43. The molecule has 2 heteroatoms. The van der Waals surface area contributed by atoms with Gasteiger partial charge in [-0.05, 0) is 18.6 Å². The van der Waals surface area contributed by atoms with Gasteiger partial charge in [0.1, 0.15) is 13.6 Å². The highest BCUT2D eigenvalue weighted by molar-refractivity contribution is 6.32. The van der Waals surface area contributed by atoms with Gasteiger partial charge < -0.3 is 4.74 Å². The smallest absolute Gasteiger partial charge is 0.139 e. The summed E-state index contributed by atoms with van der Waals surface area (Å²) in [5.74, 6) is 0.999. The molecule has 0 fully saturated rings. The fourth-order valence-corrected chi connectivity index (χ4v) is 1.71. The van der Waals surface area contributed by atoms with Crippen LogP contribution in [0.3, 0.4) is 0 Å². The lowest BCUT2D eigenvalue weighted by Gasteiger charge is -2.06. The van der Waals surface area contributed by atoms with E-state index in [9.17, 15) is 0 Å². The third-order valence-electron chi connectivity index (χ3n) is 2.79. The summed E-state index contributed by atoms with van der Waals surface area (Å²) in [5, 5.41) is 0.